The molecule has 33 heavy (non-hydrogen) atoms. The normalized spacial score (nSPS) is 15.4. The third-order valence-corrected chi connectivity index (χ3v) is 5.35. The highest BCUT2D eigenvalue weighted by Gasteiger charge is 2.33. The molecule has 174 valence electrons. The first kappa shape index (κ1) is 24.4. The van der Waals surface area contributed by atoms with E-state index in [0.29, 0.717) is 22.7 Å². The summed E-state index contributed by atoms with van der Waals surface area (Å²) >= 11 is 12.0. The molecule has 0 saturated carbocycles. The summed E-state index contributed by atoms with van der Waals surface area (Å²) in [6, 6.07) is 7.87. The molecule has 0 saturated heterocycles. The molecular weight excluding hydrogens is 471 g/mol. The fourth-order valence-corrected chi connectivity index (χ4v) is 3.73. The second kappa shape index (κ2) is 10.6. The lowest BCUT2D eigenvalue weighted by molar-refractivity contribution is -0.139. The first-order valence-electron chi connectivity index (χ1n) is 10.1. The fourth-order valence-electron chi connectivity index (χ4n) is 3.24. The van der Waals surface area contributed by atoms with Crippen LogP contribution in [0.3, 0.4) is 0 Å². The van der Waals surface area contributed by atoms with Crippen molar-refractivity contribution in [1.82, 2.24) is 10.6 Å². The van der Waals surface area contributed by atoms with Gasteiger partial charge in [-0.1, -0.05) is 36.2 Å². The van der Waals surface area contributed by atoms with E-state index in [4.69, 9.17) is 37.4 Å². The van der Waals surface area contributed by atoms with Crippen LogP contribution in [0.4, 0.5) is 4.79 Å². The number of urea groups is 1. The van der Waals surface area contributed by atoms with E-state index in [2.05, 4.69) is 10.6 Å². The molecule has 1 unspecified atom stereocenters. The number of rotatable bonds is 7. The van der Waals surface area contributed by atoms with E-state index in [-0.39, 0.29) is 34.3 Å². The van der Waals surface area contributed by atoms with Gasteiger partial charge in [0.05, 0.1) is 35.9 Å². The van der Waals surface area contributed by atoms with Gasteiger partial charge in [-0.25, -0.2) is 14.4 Å². The number of carbonyl (C=O) groups excluding carboxylic acids is 3. The predicted molar refractivity (Wildman–Crippen MR) is 123 cm³/mol. The molecule has 8 nitrogen and oxygen atoms in total. The molecule has 0 aliphatic carbocycles. The minimum atomic E-state index is -0.785. The Hall–Kier alpha value is -3.23. The van der Waals surface area contributed by atoms with Crippen molar-refractivity contribution < 1.29 is 28.6 Å². The molecule has 2 amide bonds. The summed E-state index contributed by atoms with van der Waals surface area (Å²) in [7, 11) is 1.41. The molecule has 1 aliphatic heterocycles. The molecule has 0 aromatic heterocycles. The number of methoxy groups -OCH3 is 1. The van der Waals surface area contributed by atoms with E-state index in [0.717, 1.165) is 0 Å². The van der Waals surface area contributed by atoms with Crippen molar-refractivity contribution in [3.05, 3.63) is 68.8 Å². The van der Waals surface area contributed by atoms with Crippen LogP contribution >= 0.6 is 23.2 Å². The van der Waals surface area contributed by atoms with Crippen molar-refractivity contribution in [1.29, 1.82) is 0 Å². The van der Waals surface area contributed by atoms with E-state index in [9.17, 15) is 14.4 Å². The Bertz CT molecular complexity index is 1130. The van der Waals surface area contributed by atoms with Crippen LogP contribution in [0, 0.1) is 0 Å². The van der Waals surface area contributed by atoms with Gasteiger partial charge in [-0.15, -0.1) is 0 Å². The number of hydrogen-bond donors (Lipinski definition) is 2. The summed E-state index contributed by atoms with van der Waals surface area (Å²) in [5, 5.41) is 5.84. The molecule has 0 spiro atoms. The summed E-state index contributed by atoms with van der Waals surface area (Å²) in [6.45, 7) is 3.76. The quantitative estimate of drug-likeness (QED) is 0.424. The summed E-state index contributed by atoms with van der Waals surface area (Å²) < 4.78 is 16.1. The molecule has 1 aliphatic rings. The van der Waals surface area contributed by atoms with Crippen LogP contribution in [-0.2, 0) is 9.53 Å². The highest BCUT2D eigenvalue weighted by molar-refractivity contribution is 6.36. The molecule has 0 bridgehead atoms. The van der Waals surface area contributed by atoms with Gasteiger partial charge in [0, 0.05) is 10.7 Å². The van der Waals surface area contributed by atoms with E-state index in [1.807, 2.05) is 6.92 Å². The van der Waals surface area contributed by atoms with Crippen LogP contribution in [0.5, 0.6) is 11.5 Å². The van der Waals surface area contributed by atoms with Gasteiger partial charge in [0.25, 0.3) is 0 Å². The van der Waals surface area contributed by atoms with E-state index < -0.39 is 24.0 Å². The Balaban J connectivity index is 1.91. The van der Waals surface area contributed by atoms with Crippen LogP contribution in [0.1, 0.15) is 42.2 Å². The lowest BCUT2D eigenvalue weighted by atomic mass is 9.95. The lowest BCUT2D eigenvalue weighted by Crippen LogP contribution is -2.45. The van der Waals surface area contributed by atoms with Crippen molar-refractivity contribution in [2.45, 2.75) is 26.3 Å². The molecule has 1 atom stereocenters. The first-order chi connectivity index (χ1) is 15.7. The van der Waals surface area contributed by atoms with Crippen LogP contribution < -0.4 is 20.1 Å². The van der Waals surface area contributed by atoms with E-state index >= 15 is 0 Å². The zero-order chi connectivity index (χ0) is 24.1. The van der Waals surface area contributed by atoms with Crippen molar-refractivity contribution >= 4 is 41.2 Å². The Kier molecular flexibility index (Phi) is 7.84. The van der Waals surface area contributed by atoms with Gasteiger partial charge < -0.3 is 24.8 Å². The number of halogens is 2. The van der Waals surface area contributed by atoms with Gasteiger partial charge in [0.1, 0.15) is 0 Å². The number of esters is 2. The number of nitrogens with one attached hydrogen (secondary N) is 2. The molecular formula is C23H22Cl2N2O6. The second-order valence-electron chi connectivity index (χ2n) is 7.13. The number of benzene rings is 2. The van der Waals surface area contributed by atoms with Gasteiger partial charge in [0.15, 0.2) is 11.5 Å². The maximum absolute atomic E-state index is 12.6. The van der Waals surface area contributed by atoms with Gasteiger partial charge in [-0.2, -0.15) is 0 Å². The van der Waals surface area contributed by atoms with Crippen molar-refractivity contribution in [3.8, 4) is 11.5 Å². The molecule has 0 radical (unpaired) electrons. The average molecular weight is 493 g/mol. The zero-order valence-electron chi connectivity index (χ0n) is 18.2. The molecule has 2 aromatic rings. The molecule has 10 heteroatoms. The van der Waals surface area contributed by atoms with Crippen LogP contribution in [0.2, 0.25) is 10.0 Å². The van der Waals surface area contributed by atoms with Crippen molar-refractivity contribution in [3.63, 3.8) is 0 Å². The third-order valence-electron chi connectivity index (χ3n) is 4.80. The summed E-state index contributed by atoms with van der Waals surface area (Å²) in [5.41, 5.74) is 1.32. The highest BCUT2D eigenvalue weighted by atomic mass is 35.5. The fraction of sp³-hybridized carbons (Fsp3) is 0.261. The van der Waals surface area contributed by atoms with Gasteiger partial charge in [-0.05, 0) is 49.2 Å². The highest BCUT2D eigenvalue weighted by Crippen LogP contribution is 2.35. The van der Waals surface area contributed by atoms with Gasteiger partial charge in [0.2, 0.25) is 0 Å². The average Bonchev–Trinajstić information content (AvgIpc) is 2.77. The SMILES string of the molecule is CCCOC(=O)C1=C(C)NC(=O)NC1c1ccc(OC(=O)c2ccc(Cl)cc2Cl)c(OC)c1. The monoisotopic (exact) mass is 492 g/mol. The maximum Gasteiger partial charge on any atom is 0.345 e. The molecule has 2 aromatic carbocycles. The third kappa shape index (κ3) is 5.58. The smallest absolute Gasteiger partial charge is 0.345 e. The lowest BCUT2D eigenvalue weighted by Gasteiger charge is -2.28. The van der Waals surface area contributed by atoms with E-state index in [1.165, 1.54) is 31.4 Å². The summed E-state index contributed by atoms with van der Waals surface area (Å²) in [4.78, 5) is 37.3. The Morgan fingerprint density at radius 2 is 1.82 bits per heavy atom. The number of amides is 2. The van der Waals surface area contributed by atoms with Gasteiger partial charge in [-0.3, -0.25) is 0 Å². The molecule has 3 rings (SSSR count). The van der Waals surface area contributed by atoms with Crippen LogP contribution in [0.15, 0.2) is 47.7 Å². The maximum atomic E-state index is 12.6. The number of carbonyl (C=O) groups is 3. The van der Waals surface area contributed by atoms with Gasteiger partial charge >= 0.3 is 18.0 Å². The standard InChI is InChI=1S/C23H22Cl2N2O6/c1-4-9-32-22(29)19-12(2)26-23(30)27-20(19)13-5-8-17(18(10-13)31-3)33-21(28)15-7-6-14(24)11-16(15)25/h5-8,10-11,20H,4,9H2,1-3H3,(H2,26,27,30). The number of hydrogen-bond acceptors (Lipinski definition) is 6. The Morgan fingerprint density at radius 1 is 1.06 bits per heavy atom. The topological polar surface area (TPSA) is 103 Å². The second-order valence-corrected chi connectivity index (χ2v) is 7.97. The Labute approximate surface area is 200 Å². The summed E-state index contributed by atoms with van der Waals surface area (Å²) in [5.74, 6) is -0.887. The van der Waals surface area contributed by atoms with Crippen LogP contribution in [-0.4, -0.2) is 31.7 Å². The zero-order valence-corrected chi connectivity index (χ0v) is 19.7. The van der Waals surface area contributed by atoms with E-state index in [1.54, 1.807) is 19.1 Å². The summed E-state index contributed by atoms with van der Waals surface area (Å²) in [6.07, 6.45) is 0.661. The Morgan fingerprint density at radius 3 is 2.48 bits per heavy atom. The van der Waals surface area contributed by atoms with Crippen molar-refractivity contribution in [2.75, 3.05) is 13.7 Å². The number of allylic oxidation sites excluding steroid dienone is 1. The molecule has 0 fully saturated rings. The predicted octanol–water partition coefficient (Wildman–Crippen LogP) is 4.80. The minimum Gasteiger partial charge on any atom is -0.493 e. The van der Waals surface area contributed by atoms with Crippen LogP contribution in [0.25, 0.3) is 0 Å². The molecule has 2 N–H and O–H groups in total. The first-order valence-corrected chi connectivity index (χ1v) is 10.8. The largest absolute Gasteiger partial charge is 0.493 e. The minimum absolute atomic E-state index is 0.133. The number of ether oxygens (including phenoxy) is 3. The van der Waals surface area contributed by atoms with Crippen molar-refractivity contribution in [2.24, 2.45) is 0 Å². The molecule has 1 heterocycles.